The molecule has 3 heterocycles. The zero-order chi connectivity index (χ0) is 17.6. The van der Waals surface area contributed by atoms with E-state index in [0.29, 0.717) is 19.2 Å². The van der Waals surface area contributed by atoms with Crippen LogP contribution in [0.3, 0.4) is 0 Å². The summed E-state index contributed by atoms with van der Waals surface area (Å²) in [5.74, 6) is 1.68. The molecule has 0 unspecified atom stereocenters. The van der Waals surface area contributed by atoms with Crippen LogP contribution in [-0.4, -0.2) is 54.6 Å². The van der Waals surface area contributed by atoms with Crippen molar-refractivity contribution in [2.45, 2.75) is 38.6 Å². The minimum Gasteiger partial charge on any atom is -0.380 e. The molecule has 136 valence electrons. The topological polar surface area (TPSA) is 85.5 Å². The number of anilines is 1. The van der Waals surface area contributed by atoms with Gasteiger partial charge in [0.1, 0.15) is 18.8 Å². The van der Waals surface area contributed by atoms with E-state index in [-0.39, 0.29) is 6.10 Å². The van der Waals surface area contributed by atoms with Gasteiger partial charge in [-0.25, -0.2) is 9.97 Å². The van der Waals surface area contributed by atoms with Crippen LogP contribution >= 0.6 is 0 Å². The van der Waals surface area contributed by atoms with Crippen LogP contribution < -0.4 is 10.2 Å². The van der Waals surface area contributed by atoms with E-state index >= 15 is 0 Å². The van der Waals surface area contributed by atoms with Gasteiger partial charge in [-0.1, -0.05) is 5.16 Å². The average molecular weight is 347 g/mol. The minimum absolute atomic E-state index is 0.211. The Balaban J connectivity index is 1.58. The van der Waals surface area contributed by atoms with Crippen LogP contribution in [0.4, 0.5) is 5.82 Å². The van der Waals surface area contributed by atoms with Gasteiger partial charge in [0.2, 0.25) is 0 Å². The summed E-state index contributed by atoms with van der Waals surface area (Å²) in [6, 6.07) is 4.23. The monoisotopic (exact) mass is 347 g/mol. The number of aromatic nitrogens is 3. The fourth-order valence-corrected chi connectivity index (χ4v) is 3.13. The summed E-state index contributed by atoms with van der Waals surface area (Å²) >= 11 is 0. The summed E-state index contributed by atoms with van der Waals surface area (Å²) in [7, 11) is 3.40. The maximum absolute atomic E-state index is 5.56. The first-order chi connectivity index (χ1) is 12.2. The van der Waals surface area contributed by atoms with E-state index < -0.39 is 0 Å². The molecule has 1 aliphatic heterocycles. The molecule has 1 aliphatic rings. The van der Waals surface area contributed by atoms with Crippen molar-refractivity contribution in [2.24, 2.45) is 0 Å². The number of nitrogens with one attached hydrogen (secondary N) is 1. The molecule has 0 aliphatic carbocycles. The lowest BCUT2D eigenvalue weighted by molar-refractivity contribution is 0.118. The van der Waals surface area contributed by atoms with Gasteiger partial charge in [-0.05, 0) is 13.3 Å². The zero-order valence-corrected chi connectivity index (χ0v) is 14.9. The van der Waals surface area contributed by atoms with Gasteiger partial charge in [0.25, 0.3) is 0 Å². The van der Waals surface area contributed by atoms with Crippen LogP contribution in [0.1, 0.15) is 23.6 Å². The number of rotatable bonds is 8. The lowest BCUT2D eigenvalue weighted by Crippen LogP contribution is -2.38. The second-order valence-electron chi connectivity index (χ2n) is 6.27. The van der Waals surface area contributed by atoms with E-state index in [1.165, 1.54) is 0 Å². The summed E-state index contributed by atoms with van der Waals surface area (Å²) in [5, 5.41) is 7.50. The molecule has 0 spiro atoms. The Hall–Kier alpha value is -2.03. The third kappa shape index (κ3) is 4.53. The molecule has 0 radical (unpaired) electrons. The predicted octanol–water partition coefficient (Wildman–Crippen LogP) is 1.30. The van der Waals surface area contributed by atoms with Gasteiger partial charge in [-0.2, -0.15) is 0 Å². The second-order valence-corrected chi connectivity index (χ2v) is 6.27. The number of ether oxygens (including phenoxy) is 2. The lowest BCUT2D eigenvalue weighted by atomic mass is 10.2. The van der Waals surface area contributed by atoms with E-state index in [2.05, 4.69) is 25.3 Å². The molecule has 1 saturated heterocycles. The molecule has 0 aromatic carbocycles. The number of methoxy groups -OCH3 is 2. The molecule has 0 bridgehead atoms. The van der Waals surface area contributed by atoms with Gasteiger partial charge < -0.3 is 24.2 Å². The molecule has 2 aromatic rings. The van der Waals surface area contributed by atoms with E-state index in [4.69, 9.17) is 14.0 Å². The van der Waals surface area contributed by atoms with E-state index in [0.717, 1.165) is 42.5 Å². The van der Waals surface area contributed by atoms with Crippen molar-refractivity contribution in [1.82, 2.24) is 20.4 Å². The van der Waals surface area contributed by atoms with E-state index in [1.54, 1.807) is 20.5 Å². The maximum Gasteiger partial charge on any atom is 0.162 e. The third-order valence-corrected chi connectivity index (χ3v) is 4.37. The average Bonchev–Trinajstić information content (AvgIpc) is 3.22. The molecule has 2 atom stereocenters. The molecule has 0 saturated carbocycles. The lowest BCUT2D eigenvalue weighted by Gasteiger charge is -2.25. The first-order valence-electron chi connectivity index (χ1n) is 8.41. The maximum atomic E-state index is 5.56. The quantitative estimate of drug-likeness (QED) is 0.765. The van der Waals surface area contributed by atoms with Crippen molar-refractivity contribution in [3.05, 3.63) is 35.6 Å². The van der Waals surface area contributed by atoms with Gasteiger partial charge in [-0.15, -0.1) is 0 Å². The van der Waals surface area contributed by atoms with Crippen LogP contribution in [0, 0.1) is 6.92 Å². The Morgan fingerprint density at radius 2 is 2.20 bits per heavy atom. The van der Waals surface area contributed by atoms with Crippen molar-refractivity contribution in [3.8, 4) is 0 Å². The van der Waals surface area contributed by atoms with Crippen molar-refractivity contribution in [2.75, 3.05) is 32.2 Å². The highest BCUT2D eigenvalue weighted by atomic mass is 16.5. The highest BCUT2D eigenvalue weighted by molar-refractivity contribution is 5.42. The van der Waals surface area contributed by atoms with Crippen molar-refractivity contribution in [1.29, 1.82) is 0 Å². The van der Waals surface area contributed by atoms with Crippen molar-refractivity contribution in [3.63, 3.8) is 0 Å². The number of hydrogen-bond acceptors (Lipinski definition) is 8. The molecule has 8 heteroatoms. The smallest absolute Gasteiger partial charge is 0.162 e. The van der Waals surface area contributed by atoms with Gasteiger partial charge >= 0.3 is 0 Å². The Bertz CT molecular complexity index is 678. The molecule has 0 amide bonds. The SMILES string of the molecule is COCc1cc(CNC[C@@H]2C[C@H](OC)CN2c2cc(C)ncn2)no1. The Morgan fingerprint density at radius 3 is 2.96 bits per heavy atom. The summed E-state index contributed by atoms with van der Waals surface area (Å²) in [6.07, 6.45) is 2.78. The van der Waals surface area contributed by atoms with Gasteiger partial charge in [0.15, 0.2) is 5.76 Å². The largest absolute Gasteiger partial charge is 0.380 e. The van der Waals surface area contributed by atoms with Crippen molar-refractivity contribution >= 4 is 5.82 Å². The van der Waals surface area contributed by atoms with Crippen LogP contribution in [0.2, 0.25) is 0 Å². The standard InChI is InChI=1S/C17H25N5O3/c1-12-4-17(20-11-19-12)22-9-15(24-3)6-14(22)8-18-7-13-5-16(10-23-2)25-21-13/h4-5,11,14-15,18H,6-10H2,1-3H3/t14-,15-/m0/s1. The summed E-state index contributed by atoms with van der Waals surface area (Å²) < 4.78 is 15.8. The zero-order valence-electron chi connectivity index (χ0n) is 14.9. The molecule has 2 aromatic heterocycles. The van der Waals surface area contributed by atoms with Gasteiger partial charge in [0.05, 0.1) is 11.8 Å². The molecular weight excluding hydrogens is 322 g/mol. The minimum atomic E-state index is 0.211. The second kappa shape index (κ2) is 8.37. The van der Waals surface area contributed by atoms with Crippen LogP contribution in [0.15, 0.2) is 23.0 Å². The van der Waals surface area contributed by atoms with E-state index in [1.807, 2.05) is 19.1 Å². The molecule has 1 N–H and O–H groups in total. The Kier molecular flexibility index (Phi) is 5.95. The first kappa shape index (κ1) is 17.8. The Morgan fingerprint density at radius 1 is 1.32 bits per heavy atom. The molecular formula is C17H25N5O3. The third-order valence-electron chi connectivity index (χ3n) is 4.37. The first-order valence-corrected chi connectivity index (χ1v) is 8.41. The summed E-state index contributed by atoms with van der Waals surface area (Å²) in [5.41, 5.74) is 1.84. The number of aryl methyl sites for hydroxylation is 1. The molecule has 25 heavy (non-hydrogen) atoms. The van der Waals surface area contributed by atoms with Gasteiger partial charge in [-0.3, -0.25) is 0 Å². The van der Waals surface area contributed by atoms with Crippen LogP contribution in [-0.2, 0) is 22.6 Å². The molecule has 1 fully saturated rings. The van der Waals surface area contributed by atoms with Crippen LogP contribution in [0.25, 0.3) is 0 Å². The molecule has 8 nitrogen and oxygen atoms in total. The van der Waals surface area contributed by atoms with Crippen LogP contribution in [0.5, 0.6) is 0 Å². The normalized spacial score (nSPS) is 20.4. The summed E-state index contributed by atoms with van der Waals surface area (Å²) in [6.45, 7) is 4.71. The number of hydrogen-bond donors (Lipinski definition) is 1. The fraction of sp³-hybridized carbons (Fsp3) is 0.588. The predicted molar refractivity (Wildman–Crippen MR) is 92.2 cm³/mol. The van der Waals surface area contributed by atoms with E-state index in [9.17, 15) is 0 Å². The fourth-order valence-electron chi connectivity index (χ4n) is 3.13. The van der Waals surface area contributed by atoms with Crippen molar-refractivity contribution < 1.29 is 14.0 Å². The highest BCUT2D eigenvalue weighted by Gasteiger charge is 2.32. The summed E-state index contributed by atoms with van der Waals surface area (Å²) in [4.78, 5) is 10.9. The number of nitrogens with zero attached hydrogens (tertiary/aromatic N) is 4. The Labute approximate surface area is 147 Å². The molecule has 3 rings (SSSR count). The highest BCUT2D eigenvalue weighted by Crippen LogP contribution is 2.25. The van der Waals surface area contributed by atoms with Gasteiger partial charge in [0, 0.05) is 57.7 Å².